The van der Waals surface area contributed by atoms with Crippen molar-refractivity contribution < 1.29 is 19.1 Å². The minimum Gasteiger partial charge on any atom is -0.390 e. The molecule has 5 nitrogen and oxygen atoms in total. The summed E-state index contributed by atoms with van der Waals surface area (Å²) in [6.07, 6.45) is 0.202. The summed E-state index contributed by atoms with van der Waals surface area (Å²) < 4.78 is 18.3. The average Bonchev–Trinajstić information content (AvgIpc) is 2.94. The van der Waals surface area contributed by atoms with Crippen LogP contribution in [0.5, 0.6) is 0 Å². The van der Waals surface area contributed by atoms with Crippen molar-refractivity contribution in [2.24, 2.45) is 5.16 Å². The molecule has 6 heteroatoms. The van der Waals surface area contributed by atoms with E-state index in [2.05, 4.69) is 5.16 Å². The van der Waals surface area contributed by atoms with Gasteiger partial charge in [0, 0.05) is 19.5 Å². The molecule has 23 heavy (non-hydrogen) atoms. The van der Waals surface area contributed by atoms with Gasteiger partial charge in [-0.25, -0.2) is 4.39 Å². The van der Waals surface area contributed by atoms with Gasteiger partial charge in [0.05, 0.1) is 24.5 Å². The van der Waals surface area contributed by atoms with Crippen LogP contribution in [-0.2, 0) is 9.57 Å². The van der Waals surface area contributed by atoms with Crippen LogP contribution in [0, 0.1) is 5.82 Å². The summed E-state index contributed by atoms with van der Waals surface area (Å²) in [5.74, 6) is -0.262. The van der Waals surface area contributed by atoms with Crippen molar-refractivity contribution in [3.63, 3.8) is 0 Å². The molecule has 0 saturated heterocycles. The van der Waals surface area contributed by atoms with Gasteiger partial charge >= 0.3 is 0 Å². The number of hydrogen-bond donors (Lipinski definition) is 1. The number of nitrogens with zero attached hydrogens (tertiary/aromatic N) is 2. The Morgan fingerprint density at radius 1 is 1.39 bits per heavy atom. The van der Waals surface area contributed by atoms with Gasteiger partial charge < -0.3 is 14.7 Å². The molecule has 2 atom stereocenters. The fraction of sp³-hybridized carbons (Fsp3) is 0.588. The van der Waals surface area contributed by atoms with Crippen molar-refractivity contribution in [1.82, 2.24) is 4.90 Å². The number of oxime groups is 1. The number of aliphatic hydroxyl groups is 1. The Morgan fingerprint density at radius 2 is 2.09 bits per heavy atom. The predicted molar refractivity (Wildman–Crippen MR) is 87.0 cm³/mol. The number of hydrogen-bond acceptors (Lipinski definition) is 5. The largest absolute Gasteiger partial charge is 0.390 e. The fourth-order valence-electron chi connectivity index (χ4n) is 2.48. The number of rotatable bonds is 8. The second-order valence-corrected chi connectivity index (χ2v) is 6.23. The topological polar surface area (TPSA) is 54.3 Å². The predicted octanol–water partition coefficient (Wildman–Crippen LogP) is 2.04. The maximum Gasteiger partial charge on any atom is 0.145 e. The SMILES string of the molecule is CC(C)OCC(O)CN(C)CC1CC(c2ccc(F)cc2)=NO1. The van der Waals surface area contributed by atoms with E-state index in [-0.39, 0.29) is 18.0 Å². The molecular weight excluding hydrogens is 299 g/mol. The summed E-state index contributed by atoms with van der Waals surface area (Å²) in [4.78, 5) is 7.44. The first-order chi connectivity index (χ1) is 10.9. The van der Waals surface area contributed by atoms with Crippen LogP contribution < -0.4 is 0 Å². The van der Waals surface area contributed by atoms with Crippen LogP contribution >= 0.6 is 0 Å². The maximum atomic E-state index is 12.9. The Bertz CT molecular complexity index is 519. The minimum absolute atomic E-state index is 0.0572. The van der Waals surface area contributed by atoms with Crippen molar-refractivity contribution in [1.29, 1.82) is 0 Å². The molecule has 128 valence electrons. The van der Waals surface area contributed by atoms with Gasteiger partial charge in [0.15, 0.2) is 0 Å². The Balaban J connectivity index is 1.74. The first-order valence-corrected chi connectivity index (χ1v) is 7.91. The van der Waals surface area contributed by atoms with Gasteiger partial charge in [0.25, 0.3) is 0 Å². The molecule has 0 bridgehead atoms. The molecule has 0 saturated carbocycles. The van der Waals surface area contributed by atoms with Crippen molar-refractivity contribution in [3.05, 3.63) is 35.6 Å². The van der Waals surface area contributed by atoms with Gasteiger partial charge in [0.2, 0.25) is 0 Å². The molecule has 2 rings (SSSR count). The summed E-state index contributed by atoms with van der Waals surface area (Å²) in [5.41, 5.74) is 1.70. The van der Waals surface area contributed by atoms with E-state index in [0.29, 0.717) is 26.1 Å². The van der Waals surface area contributed by atoms with E-state index in [0.717, 1.165) is 11.3 Å². The van der Waals surface area contributed by atoms with Gasteiger partial charge in [-0.3, -0.25) is 4.90 Å². The second kappa shape index (κ2) is 8.38. The van der Waals surface area contributed by atoms with E-state index in [1.165, 1.54) is 12.1 Å². The Morgan fingerprint density at radius 3 is 2.74 bits per heavy atom. The van der Waals surface area contributed by atoms with Crippen molar-refractivity contribution in [2.75, 3.05) is 26.7 Å². The Kier molecular flexibility index (Phi) is 6.50. The van der Waals surface area contributed by atoms with Crippen LogP contribution in [0.15, 0.2) is 29.4 Å². The molecule has 1 aromatic rings. The second-order valence-electron chi connectivity index (χ2n) is 6.23. The van der Waals surface area contributed by atoms with Crippen LogP contribution in [0.25, 0.3) is 0 Å². The first-order valence-electron chi connectivity index (χ1n) is 7.91. The third kappa shape index (κ3) is 5.89. The van der Waals surface area contributed by atoms with Crippen molar-refractivity contribution in [3.8, 4) is 0 Å². The Hall–Kier alpha value is -1.50. The van der Waals surface area contributed by atoms with Crippen molar-refractivity contribution in [2.45, 2.75) is 38.6 Å². The lowest BCUT2D eigenvalue weighted by atomic mass is 10.0. The first kappa shape index (κ1) is 17.8. The van der Waals surface area contributed by atoms with E-state index in [1.54, 1.807) is 12.1 Å². The molecule has 1 aliphatic rings. The highest BCUT2D eigenvalue weighted by atomic mass is 19.1. The molecule has 0 aliphatic carbocycles. The minimum atomic E-state index is -0.527. The lowest BCUT2D eigenvalue weighted by Crippen LogP contribution is -2.37. The van der Waals surface area contributed by atoms with Crippen molar-refractivity contribution >= 4 is 5.71 Å². The molecule has 0 radical (unpaired) electrons. The molecule has 1 aliphatic heterocycles. The quantitative estimate of drug-likeness (QED) is 0.795. The zero-order chi connectivity index (χ0) is 16.8. The van der Waals surface area contributed by atoms with E-state index in [4.69, 9.17) is 9.57 Å². The van der Waals surface area contributed by atoms with Gasteiger partial charge in [-0.1, -0.05) is 17.3 Å². The highest BCUT2D eigenvalue weighted by Gasteiger charge is 2.24. The molecule has 0 amide bonds. The summed E-state index contributed by atoms with van der Waals surface area (Å²) in [6.45, 7) is 5.38. The highest BCUT2D eigenvalue weighted by Crippen LogP contribution is 2.17. The van der Waals surface area contributed by atoms with E-state index < -0.39 is 6.10 Å². The molecule has 0 spiro atoms. The standard InChI is InChI=1S/C17H25FN2O3/c1-12(2)22-11-15(21)9-20(3)10-16-8-17(19-23-16)13-4-6-14(18)7-5-13/h4-7,12,15-16,21H,8-11H2,1-3H3. The number of likely N-dealkylation sites (N-methyl/N-ethyl adjacent to an activating group) is 1. The van der Waals surface area contributed by atoms with Gasteiger partial charge in [-0.2, -0.15) is 0 Å². The number of aliphatic hydroxyl groups excluding tert-OH is 1. The third-order valence-electron chi connectivity index (χ3n) is 3.57. The summed E-state index contributed by atoms with van der Waals surface area (Å²) in [6, 6.07) is 6.25. The molecule has 0 fully saturated rings. The smallest absolute Gasteiger partial charge is 0.145 e. The molecule has 1 aromatic carbocycles. The van der Waals surface area contributed by atoms with Gasteiger partial charge in [-0.15, -0.1) is 0 Å². The Labute approximate surface area is 136 Å². The monoisotopic (exact) mass is 324 g/mol. The maximum absolute atomic E-state index is 12.9. The normalized spacial score (nSPS) is 19.1. The number of halogens is 1. The molecule has 1 heterocycles. The molecule has 0 aromatic heterocycles. The van der Waals surface area contributed by atoms with E-state index in [1.807, 2.05) is 25.8 Å². The molecule has 2 unspecified atom stereocenters. The van der Waals surface area contributed by atoms with Crippen LogP contribution in [0.3, 0.4) is 0 Å². The number of benzene rings is 1. The van der Waals surface area contributed by atoms with Crippen LogP contribution in [0.4, 0.5) is 4.39 Å². The highest BCUT2D eigenvalue weighted by molar-refractivity contribution is 6.01. The summed E-state index contributed by atoms with van der Waals surface area (Å²) in [7, 11) is 1.93. The lowest BCUT2D eigenvalue weighted by molar-refractivity contribution is -0.0133. The zero-order valence-corrected chi connectivity index (χ0v) is 13.9. The average molecular weight is 324 g/mol. The van der Waals surface area contributed by atoms with Gasteiger partial charge in [-0.05, 0) is 38.6 Å². The summed E-state index contributed by atoms with van der Waals surface area (Å²) >= 11 is 0. The van der Waals surface area contributed by atoms with E-state index >= 15 is 0 Å². The van der Waals surface area contributed by atoms with Gasteiger partial charge in [0.1, 0.15) is 11.9 Å². The lowest BCUT2D eigenvalue weighted by Gasteiger charge is -2.23. The molecular formula is C17H25FN2O3. The van der Waals surface area contributed by atoms with Crippen LogP contribution in [-0.4, -0.2) is 60.8 Å². The fourth-order valence-corrected chi connectivity index (χ4v) is 2.48. The third-order valence-corrected chi connectivity index (χ3v) is 3.57. The zero-order valence-electron chi connectivity index (χ0n) is 13.9. The van der Waals surface area contributed by atoms with Crippen LogP contribution in [0.2, 0.25) is 0 Å². The van der Waals surface area contributed by atoms with E-state index in [9.17, 15) is 9.50 Å². The van der Waals surface area contributed by atoms with Crippen LogP contribution in [0.1, 0.15) is 25.8 Å². The number of ether oxygens (including phenoxy) is 1. The summed E-state index contributed by atoms with van der Waals surface area (Å²) in [5, 5.41) is 14.0. The molecule has 1 N–H and O–H groups in total.